The summed E-state index contributed by atoms with van der Waals surface area (Å²) in [7, 11) is -7.42. The molecule has 0 atom stereocenters. The van der Waals surface area contributed by atoms with Gasteiger partial charge in [-0.1, -0.05) is 17.7 Å². The quantitative estimate of drug-likeness (QED) is 0.302. The maximum atomic E-state index is 13.4. The van der Waals surface area contributed by atoms with Crippen LogP contribution < -0.4 is 10.1 Å². The summed E-state index contributed by atoms with van der Waals surface area (Å²) in [5.41, 5.74) is 2.54. The molecule has 0 saturated heterocycles. The minimum Gasteiger partial charge on any atom is -0.477 e. The maximum Gasteiger partial charge on any atom is 0.269 e. The number of fused-ring (bicyclic) bond motifs is 1. The molecule has 1 aliphatic rings. The first-order chi connectivity index (χ1) is 18.0. The Hall–Kier alpha value is -3.49. The lowest BCUT2D eigenvalue weighted by Gasteiger charge is -2.34. The molecule has 1 fully saturated rings. The van der Waals surface area contributed by atoms with Gasteiger partial charge < -0.3 is 10.1 Å². The molecule has 12 nitrogen and oxygen atoms in total. The molecule has 0 aliphatic heterocycles. The van der Waals surface area contributed by atoms with E-state index in [0.717, 1.165) is 21.5 Å². The van der Waals surface area contributed by atoms with Gasteiger partial charge in [-0.15, -0.1) is 0 Å². The van der Waals surface area contributed by atoms with Crippen LogP contribution in [0.1, 0.15) is 37.1 Å². The van der Waals surface area contributed by atoms with Gasteiger partial charge in [0, 0.05) is 6.20 Å². The van der Waals surface area contributed by atoms with Crippen molar-refractivity contribution in [1.82, 2.24) is 23.7 Å². The van der Waals surface area contributed by atoms with Gasteiger partial charge in [0.25, 0.3) is 20.1 Å². The topological polar surface area (TPSA) is 147 Å². The van der Waals surface area contributed by atoms with Gasteiger partial charge >= 0.3 is 0 Å². The fourth-order valence-corrected chi connectivity index (χ4v) is 6.33. The van der Waals surface area contributed by atoms with Crippen molar-refractivity contribution in [2.45, 2.75) is 50.7 Å². The van der Waals surface area contributed by atoms with Crippen LogP contribution in [0.25, 0.3) is 11.0 Å². The van der Waals surface area contributed by atoms with E-state index >= 15 is 0 Å². The number of anilines is 2. The van der Waals surface area contributed by atoms with E-state index in [1.807, 2.05) is 20.8 Å². The Morgan fingerprint density at radius 3 is 2.42 bits per heavy atom. The van der Waals surface area contributed by atoms with Crippen molar-refractivity contribution in [3.05, 3.63) is 54.0 Å². The number of rotatable bonds is 9. The first-order valence-electron chi connectivity index (χ1n) is 12.0. The Kier molecular flexibility index (Phi) is 6.65. The lowest BCUT2D eigenvalue weighted by Crippen LogP contribution is -2.35. The van der Waals surface area contributed by atoms with Crippen molar-refractivity contribution >= 4 is 42.8 Å². The zero-order valence-corrected chi connectivity index (χ0v) is 23.0. The first kappa shape index (κ1) is 26.1. The van der Waals surface area contributed by atoms with Crippen LogP contribution in [-0.4, -0.2) is 59.5 Å². The standard InChI is InChI=1S/C24H28N6O6S2/c1-5-35-23-20-10-11-29(38(33,34)19-8-6-15(2)7-9-19)22(20)27-24(28-23)26-21-14-25-30(16(21)3)17-12-18(13-17)36-37(4,31)32/h6-11,14,17-18H,5,12-13H2,1-4H3,(H,26,27,28). The molecule has 4 aromatic rings. The van der Waals surface area contributed by atoms with Gasteiger partial charge in [-0.25, -0.2) is 12.4 Å². The van der Waals surface area contributed by atoms with Gasteiger partial charge in [0.05, 0.1) is 52.9 Å². The molecular weight excluding hydrogens is 532 g/mol. The number of benzene rings is 1. The van der Waals surface area contributed by atoms with Crippen molar-refractivity contribution in [2.24, 2.45) is 0 Å². The smallest absolute Gasteiger partial charge is 0.269 e. The molecule has 1 saturated carbocycles. The molecule has 0 amide bonds. The third kappa shape index (κ3) is 4.98. The number of aromatic nitrogens is 5. The van der Waals surface area contributed by atoms with Crippen LogP contribution in [0.2, 0.25) is 0 Å². The van der Waals surface area contributed by atoms with Crippen LogP contribution in [0.3, 0.4) is 0 Å². The van der Waals surface area contributed by atoms with Crippen molar-refractivity contribution in [2.75, 3.05) is 18.2 Å². The largest absolute Gasteiger partial charge is 0.477 e. The molecule has 1 aliphatic carbocycles. The molecule has 3 aromatic heterocycles. The Labute approximate surface area is 220 Å². The second-order valence-corrected chi connectivity index (χ2v) is 12.6. The van der Waals surface area contributed by atoms with Gasteiger partial charge in [0.2, 0.25) is 11.8 Å². The third-order valence-corrected chi connectivity index (χ3v) is 8.65. The number of nitrogens with one attached hydrogen (secondary N) is 1. The van der Waals surface area contributed by atoms with Crippen LogP contribution in [0, 0.1) is 13.8 Å². The van der Waals surface area contributed by atoms with Gasteiger partial charge in [0.1, 0.15) is 0 Å². The predicted octanol–water partition coefficient (Wildman–Crippen LogP) is 3.30. The van der Waals surface area contributed by atoms with Gasteiger partial charge in [-0.05, 0) is 51.8 Å². The number of hydrogen-bond acceptors (Lipinski definition) is 10. The summed E-state index contributed by atoms with van der Waals surface area (Å²) >= 11 is 0. The van der Waals surface area contributed by atoms with E-state index in [0.29, 0.717) is 30.5 Å². The molecule has 0 unspecified atom stereocenters. The highest BCUT2D eigenvalue weighted by molar-refractivity contribution is 7.90. The van der Waals surface area contributed by atoms with Crippen LogP contribution in [0.5, 0.6) is 5.88 Å². The number of hydrogen-bond donors (Lipinski definition) is 1. The van der Waals surface area contributed by atoms with Crippen molar-refractivity contribution in [3.63, 3.8) is 0 Å². The average molecular weight is 561 g/mol. The van der Waals surface area contributed by atoms with Crippen molar-refractivity contribution in [1.29, 1.82) is 0 Å². The normalized spacial score (nSPS) is 17.9. The summed E-state index contributed by atoms with van der Waals surface area (Å²) in [5.74, 6) is 0.400. The molecule has 14 heteroatoms. The molecule has 0 bridgehead atoms. The molecule has 202 valence electrons. The molecule has 1 aromatic carbocycles. The fraction of sp³-hybridized carbons (Fsp3) is 0.375. The van der Waals surface area contributed by atoms with Gasteiger partial charge in [-0.2, -0.15) is 23.5 Å². The fourth-order valence-electron chi connectivity index (χ4n) is 4.38. The van der Waals surface area contributed by atoms with E-state index in [9.17, 15) is 16.8 Å². The zero-order valence-electron chi connectivity index (χ0n) is 21.3. The third-order valence-electron chi connectivity index (χ3n) is 6.35. The molecular formula is C24H28N6O6S2. The predicted molar refractivity (Wildman–Crippen MR) is 141 cm³/mol. The maximum absolute atomic E-state index is 13.4. The van der Waals surface area contributed by atoms with Gasteiger partial charge in [0.15, 0.2) is 5.65 Å². The SMILES string of the molecule is CCOc1nc(Nc2cnn(C3CC(OS(C)(=O)=O)C3)c2C)nc2c1ccn2S(=O)(=O)c1ccc(C)cc1. The van der Waals surface area contributed by atoms with Crippen LogP contribution in [0.4, 0.5) is 11.6 Å². The van der Waals surface area contributed by atoms with Gasteiger partial charge in [-0.3, -0.25) is 8.86 Å². The minimum absolute atomic E-state index is 0.00318. The average Bonchev–Trinajstić information content (AvgIpc) is 3.40. The molecule has 1 N–H and O–H groups in total. The minimum atomic E-state index is -3.92. The molecule has 3 heterocycles. The molecule has 0 radical (unpaired) electrons. The summed E-state index contributed by atoms with van der Waals surface area (Å²) in [6.45, 7) is 5.90. The van der Waals surface area contributed by atoms with Crippen LogP contribution in [-0.2, 0) is 24.3 Å². The number of ether oxygens (including phenoxy) is 1. The molecule has 0 spiro atoms. The van der Waals surface area contributed by atoms with E-state index in [-0.39, 0.29) is 34.5 Å². The number of nitrogens with zero attached hydrogens (tertiary/aromatic N) is 5. The van der Waals surface area contributed by atoms with Crippen LogP contribution >= 0.6 is 0 Å². The van der Waals surface area contributed by atoms with E-state index in [1.54, 1.807) is 41.2 Å². The summed E-state index contributed by atoms with van der Waals surface area (Å²) in [4.78, 5) is 9.13. The summed E-state index contributed by atoms with van der Waals surface area (Å²) < 4.78 is 63.3. The van der Waals surface area contributed by atoms with E-state index in [2.05, 4.69) is 20.4 Å². The second-order valence-electron chi connectivity index (χ2n) is 9.21. The summed E-state index contributed by atoms with van der Waals surface area (Å²) in [5, 5.41) is 8.04. The summed E-state index contributed by atoms with van der Waals surface area (Å²) in [6, 6.07) is 8.21. The molecule has 38 heavy (non-hydrogen) atoms. The lowest BCUT2D eigenvalue weighted by molar-refractivity contribution is 0.0704. The van der Waals surface area contributed by atoms with E-state index in [4.69, 9.17) is 8.92 Å². The number of aryl methyl sites for hydroxylation is 1. The van der Waals surface area contributed by atoms with Crippen molar-refractivity contribution in [3.8, 4) is 5.88 Å². The van der Waals surface area contributed by atoms with E-state index in [1.165, 1.54) is 6.20 Å². The van der Waals surface area contributed by atoms with E-state index < -0.39 is 20.1 Å². The monoisotopic (exact) mass is 560 g/mol. The zero-order chi connectivity index (χ0) is 27.2. The highest BCUT2D eigenvalue weighted by Crippen LogP contribution is 2.37. The summed E-state index contributed by atoms with van der Waals surface area (Å²) in [6.07, 6.45) is 4.79. The second kappa shape index (κ2) is 9.67. The molecule has 5 rings (SSSR count). The Morgan fingerprint density at radius 2 is 1.76 bits per heavy atom. The Bertz CT molecular complexity index is 1700. The first-order valence-corrected chi connectivity index (χ1v) is 15.3. The highest BCUT2D eigenvalue weighted by Gasteiger charge is 2.35. The highest BCUT2D eigenvalue weighted by atomic mass is 32.2. The van der Waals surface area contributed by atoms with Crippen molar-refractivity contribution < 1.29 is 25.8 Å². The van der Waals surface area contributed by atoms with Crippen LogP contribution in [0.15, 0.2) is 47.6 Å². The Morgan fingerprint density at radius 1 is 1.05 bits per heavy atom. The lowest BCUT2D eigenvalue weighted by atomic mass is 9.89. The Balaban J connectivity index is 1.46.